The average molecular weight is 403 g/mol. The van der Waals surface area contributed by atoms with Gasteiger partial charge >= 0.3 is 0 Å². The predicted octanol–water partition coefficient (Wildman–Crippen LogP) is 2.08. The topological polar surface area (TPSA) is 104 Å². The molecule has 0 radical (unpaired) electrons. The number of amides is 2. The lowest BCUT2D eigenvalue weighted by Gasteiger charge is -2.20. The first kappa shape index (κ1) is 20.1. The number of rotatable bonds is 6. The van der Waals surface area contributed by atoms with Crippen LogP contribution in [0.1, 0.15) is 5.56 Å². The molecule has 0 saturated carbocycles. The molecule has 2 aromatic carbocycles. The van der Waals surface area contributed by atoms with Gasteiger partial charge in [0.1, 0.15) is 17.3 Å². The molecule has 10 heteroatoms. The fourth-order valence-corrected chi connectivity index (χ4v) is 3.02. The van der Waals surface area contributed by atoms with Crippen molar-refractivity contribution in [1.82, 2.24) is 4.90 Å². The Morgan fingerprint density at radius 3 is 2.34 bits per heavy atom. The van der Waals surface area contributed by atoms with Crippen molar-refractivity contribution in [3.8, 4) is 0 Å². The number of carbonyl (C=O) groups excluding carboxylic acids is 2. The first-order chi connectivity index (χ1) is 13.8. The Kier molecular flexibility index (Phi) is 5.37. The van der Waals surface area contributed by atoms with Gasteiger partial charge in [0.05, 0.1) is 22.8 Å². The number of nitrogens with zero attached hydrogens (tertiary/aromatic N) is 3. The molecular weight excluding hydrogens is 388 g/mol. The van der Waals surface area contributed by atoms with E-state index in [0.717, 1.165) is 30.3 Å². The van der Waals surface area contributed by atoms with Gasteiger partial charge in [-0.3, -0.25) is 19.7 Å². The fraction of sp³-hybridized carbons (Fsp3) is 0.158. The van der Waals surface area contributed by atoms with Crippen LogP contribution < -0.4 is 4.90 Å². The Bertz CT molecular complexity index is 1040. The van der Waals surface area contributed by atoms with Crippen LogP contribution in [0.5, 0.6) is 0 Å². The summed E-state index contributed by atoms with van der Waals surface area (Å²) in [5, 5.41) is 20.1. The fourth-order valence-electron chi connectivity index (χ4n) is 3.02. The number of anilines is 1. The molecular formula is C19H15F2N3O5. The van der Waals surface area contributed by atoms with Crippen molar-refractivity contribution in [2.24, 2.45) is 0 Å². The van der Waals surface area contributed by atoms with Gasteiger partial charge in [-0.25, -0.2) is 13.7 Å². The summed E-state index contributed by atoms with van der Waals surface area (Å²) in [4.78, 5) is 38.1. The molecule has 0 spiro atoms. The molecule has 0 atom stereocenters. The molecule has 0 fully saturated rings. The van der Waals surface area contributed by atoms with E-state index >= 15 is 0 Å². The summed E-state index contributed by atoms with van der Waals surface area (Å²) in [6.07, 6.45) is 0. The summed E-state index contributed by atoms with van der Waals surface area (Å²) in [6, 6.07) is 7.28. The number of aliphatic hydroxyl groups excluding tert-OH is 1. The second-order valence-corrected chi connectivity index (χ2v) is 6.21. The second kappa shape index (κ2) is 7.76. The van der Waals surface area contributed by atoms with Crippen molar-refractivity contribution >= 4 is 28.8 Å². The van der Waals surface area contributed by atoms with Crippen LogP contribution in [0.15, 0.2) is 48.2 Å². The number of nitro groups is 1. The summed E-state index contributed by atoms with van der Waals surface area (Å²) >= 11 is 0. The molecule has 0 aromatic heterocycles. The van der Waals surface area contributed by atoms with Gasteiger partial charge in [0.2, 0.25) is 0 Å². The van der Waals surface area contributed by atoms with Gasteiger partial charge in [-0.1, -0.05) is 0 Å². The monoisotopic (exact) mass is 403 g/mol. The van der Waals surface area contributed by atoms with Crippen LogP contribution in [-0.2, 0) is 9.59 Å². The molecule has 0 bridgehead atoms. The van der Waals surface area contributed by atoms with E-state index < -0.39 is 34.1 Å². The number of halogens is 2. The highest BCUT2D eigenvalue weighted by Gasteiger charge is 2.42. The second-order valence-electron chi connectivity index (χ2n) is 6.21. The minimum absolute atomic E-state index is 0.00962. The minimum atomic E-state index is -0.970. The van der Waals surface area contributed by atoms with E-state index in [1.165, 1.54) is 24.1 Å². The lowest BCUT2D eigenvalue weighted by molar-refractivity contribution is -0.384. The number of non-ortho nitro benzene ring substituents is 1. The van der Waals surface area contributed by atoms with Gasteiger partial charge in [0, 0.05) is 31.8 Å². The molecule has 1 aliphatic heterocycles. The van der Waals surface area contributed by atoms with Crippen LogP contribution in [0.25, 0.3) is 5.57 Å². The highest BCUT2D eigenvalue weighted by atomic mass is 19.1. The normalized spacial score (nSPS) is 14.0. The number of aliphatic hydroxyl groups is 1. The molecule has 2 amide bonds. The van der Waals surface area contributed by atoms with E-state index in [0.29, 0.717) is 4.90 Å². The summed E-state index contributed by atoms with van der Waals surface area (Å²) in [5.41, 5.74) is -0.852. The van der Waals surface area contributed by atoms with Gasteiger partial charge < -0.3 is 10.0 Å². The first-order valence-electron chi connectivity index (χ1n) is 8.41. The molecule has 0 aliphatic carbocycles. The largest absolute Gasteiger partial charge is 0.395 e. The van der Waals surface area contributed by atoms with E-state index in [9.17, 15) is 33.6 Å². The first-order valence-corrected chi connectivity index (χ1v) is 8.41. The molecule has 1 heterocycles. The molecule has 2 aromatic rings. The van der Waals surface area contributed by atoms with Gasteiger partial charge in [0.15, 0.2) is 0 Å². The number of nitro benzene ring substituents is 1. The average Bonchev–Trinajstić information content (AvgIpc) is 2.94. The quantitative estimate of drug-likeness (QED) is 0.450. The number of likely N-dealkylation sites (N-methyl/N-ethyl adjacent to an activating group) is 1. The Hall–Kier alpha value is -3.66. The van der Waals surface area contributed by atoms with Crippen LogP contribution in [0.3, 0.4) is 0 Å². The zero-order valence-corrected chi connectivity index (χ0v) is 15.1. The van der Waals surface area contributed by atoms with Gasteiger partial charge in [0.25, 0.3) is 17.5 Å². The molecule has 29 heavy (non-hydrogen) atoms. The Balaban J connectivity index is 2.15. The van der Waals surface area contributed by atoms with Crippen LogP contribution in [0, 0.1) is 21.7 Å². The lowest BCUT2D eigenvalue weighted by atomic mass is 10.0. The minimum Gasteiger partial charge on any atom is -0.395 e. The maximum absolute atomic E-state index is 14.3. The van der Waals surface area contributed by atoms with Gasteiger partial charge in [-0.2, -0.15) is 0 Å². The van der Waals surface area contributed by atoms with Gasteiger partial charge in [-0.05, 0) is 29.8 Å². The summed E-state index contributed by atoms with van der Waals surface area (Å²) in [6.45, 7) is -0.340. The van der Waals surface area contributed by atoms with Gasteiger partial charge in [-0.15, -0.1) is 0 Å². The molecule has 1 aliphatic rings. The zero-order chi connectivity index (χ0) is 21.3. The molecule has 0 unspecified atom stereocenters. The van der Waals surface area contributed by atoms with E-state index in [1.54, 1.807) is 0 Å². The van der Waals surface area contributed by atoms with Crippen molar-refractivity contribution in [1.29, 1.82) is 0 Å². The maximum Gasteiger partial charge on any atom is 0.282 e. The Morgan fingerprint density at radius 2 is 1.76 bits per heavy atom. The molecule has 150 valence electrons. The van der Waals surface area contributed by atoms with Crippen molar-refractivity contribution < 1.29 is 28.4 Å². The van der Waals surface area contributed by atoms with Crippen LogP contribution in [0.2, 0.25) is 0 Å². The van der Waals surface area contributed by atoms with Crippen LogP contribution in [-0.4, -0.2) is 46.9 Å². The zero-order valence-electron chi connectivity index (χ0n) is 15.1. The summed E-state index contributed by atoms with van der Waals surface area (Å²) in [5.74, 6) is -3.62. The Morgan fingerprint density at radius 1 is 1.10 bits per heavy atom. The lowest BCUT2D eigenvalue weighted by Crippen LogP contribution is -2.35. The third kappa shape index (κ3) is 3.57. The molecule has 0 saturated heterocycles. The third-order valence-corrected chi connectivity index (χ3v) is 4.39. The Labute approximate surface area is 163 Å². The number of hydrogen-bond donors (Lipinski definition) is 1. The SMILES string of the molecule is CN(CCO)C1=C(c2ccc([N+](=O)[O-])cc2)C(=O)N(c2cc(F)ccc2F)C1=O. The number of carbonyl (C=O) groups is 2. The highest BCUT2D eigenvalue weighted by Crippen LogP contribution is 2.36. The standard InChI is InChI=1S/C19H15F2N3O5/c1-22(8-9-25)17-16(11-2-5-13(6-3-11)24(28)29)18(26)23(19(17)27)15-10-12(20)4-7-14(15)21/h2-7,10,25H,8-9H2,1H3. The molecule has 1 N–H and O–H groups in total. The van der Waals surface area contributed by atoms with E-state index in [2.05, 4.69) is 0 Å². The number of benzene rings is 2. The van der Waals surface area contributed by atoms with E-state index in [-0.39, 0.29) is 35.7 Å². The summed E-state index contributed by atoms with van der Waals surface area (Å²) in [7, 11) is 1.45. The third-order valence-electron chi connectivity index (χ3n) is 4.39. The smallest absolute Gasteiger partial charge is 0.282 e. The summed E-state index contributed by atoms with van der Waals surface area (Å²) < 4.78 is 27.9. The van der Waals surface area contributed by atoms with Crippen LogP contribution >= 0.6 is 0 Å². The van der Waals surface area contributed by atoms with Crippen molar-refractivity contribution in [3.63, 3.8) is 0 Å². The number of imide groups is 1. The molecule has 3 rings (SSSR count). The van der Waals surface area contributed by atoms with Crippen molar-refractivity contribution in [3.05, 3.63) is 75.5 Å². The van der Waals surface area contributed by atoms with E-state index in [4.69, 9.17) is 0 Å². The number of hydrogen-bond acceptors (Lipinski definition) is 6. The maximum atomic E-state index is 14.3. The highest BCUT2D eigenvalue weighted by molar-refractivity contribution is 6.45. The van der Waals surface area contributed by atoms with E-state index in [1.807, 2.05) is 0 Å². The molecule has 8 nitrogen and oxygen atoms in total. The van der Waals surface area contributed by atoms with Crippen molar-refractivity contribution in [2.75, 3.05) is 25.1 Å². The van der Waals surface area contributed by atoms with Crippen LogP contribution in [0.4, 0.5) is 20.2 Å². The van der Waals surface area contributed by atoms with Crippen molar-refractivity contribution in [2.45, 2.75) is 0 Å². The predicted molar refractivity (Wildman–Crippen MR) is 98.6 cm³/mol.